The fourth-order valence-corrected chi connectivity index (χ4v) is 4.20. The quantitative estimate of drug-likeness (QED) is 0.158. The zero-order valence-electron chi connectivity index (χ0n) is 20.9. The SMILES string of the molecule is CCCCCc1ccc(-c2ccc(C(=O)Oc3ccc(CCCCC)c(C#N)c3C#N)cc2)c(F)c1. The summed E-state index contributed by atoms with van der Waals surface area (Å²) in [6.45, 7) is 4.24. The lowest BCUT2D eigenvalue weighted by molar-refractivity contribution is 0.0734. The summed E-state index contributed by atoms with van der Waals surface area (Å²) in [5, 5.41) is 19.3. The number of ether oxygens (including phenoxy) is 1. The smallest absolute Gasteiger partial charge is 0.343 e. The first-order valence-corrected chi connectivity index (χ1v) is 12.6. The van der Waals surface area contributed by atoms with Crippen LogP contribution in [0.5, 0.6) is 5.75 Å². The van der Waals surface area contributed by atoms with Crippen molar-refractivity contribution < 1.29 is 13.9 Å². The van der Waals surface area contributed by atoms with Crippen molar-refractivity contribution in [3.63, 3.8) is 0 Å². The second-order valence-electron chi connectivity index (χ2n) is 8.89. The predicted octanol–water partition coefficient (Wildman–Crippen LogP) is 7.92. The third-order valence-electron chi connectivity index (χ3n) is 6.26. The van der Waals surface area contributed by atoms with E-state index >= 15 is 0 Å². The summed E-state index contributed by atoms with van der Waals surface area (Å²) in [5.74, 6) is -0.875. The van der Waals surface area contributed by atoms with Gasteiger partial charge >= 0.3 is 5.97 Å². The van der Waals surface area contributed by atoms with Gasteiger partial charge in [0.15, 0.2) is 0 Å². The first kappa shape index (κ1) is 26.6. The van der Waals surface area contributed by atoms with E-state index in [2.05, 4.69) is 19.9 Å². The second kappa shape index (κ2) is 13.2. The molecule has 3 aromatic carbocycles. The van der Waals surface area contributed by atoms with Gasteiger partial charge in [-0.3, -0.25) is 0 Å². The van der Waals surface area contributed by atoms with E-state index in [1.165, 1.54) is 0 Å². The highest BCUT2D eigenvalue weighted by molar-refractivity contribution is 5.92. The van der Waals surface area contributed by atoms with Crippen molar-refractivity contribution in [2.24, 2.45) is 0 Å². The van der Waals surface area contributed by atoms with Crippen molar-refractivity contribution >= 4 is 5.97 Å². The fraction of sp³-hybridized carbons (Fsp3) is 0.323. The zero-order valence-corrected chi connectivity index (χ0v) is 20.9. The lowest BCUT2D eigenvalue weighted by atomic mass is 9.97. The second-order valence-corrected chi connectivity index (χ2v) is 8.89. The molecule has 184 valence electrons. The molecule has 0 aliphatic carbocycles. The number of halogens is 1. The Hall–Kier alpha value is -3.96. The van der Waals surface area contributed by atoms with Crippen LogP contribution in [0.2, 0.25) is 0 Å². The normalized spacial score (nSPS) is 10.5. The monoisotopic (exact) mass is 482 g/mol. The van der Waals surface area contributed by atoms with Gasteiger partial charge in [0.2, 0.25) is 0 Å². The van der Waals surface area contributed by atoms with E-state index in [0.717, 1.165) is 56.1 Å². The van der Waals surface area contributed by atoms with Gasteiger partial charge in [-0.2, -0.15) is 10.5 Å². The van der Waals surface area contributed by atoms with Crippen LogP contribution in [0.1, 0.15) is 85.0 Å². The molecule has 0 aliphatic heterocycles. The number of hydrogen-bond acceptors (Lipinski definition) is 4. The van der Waals surface area contributed by atoms with E-state index in [9.17, 15) is 19.7 Å². The summed E-state index contributed by atoms with van der Waals surface area (Å²) in [4.78, 5) is 12.8. The van der Waals surface area contributed by atoms with Gasteiger partial charge in [0.25, 0.3) is 0 Å². The van der Waals surface area contributed by atoms with E-state index in [4.69, 9.17) is 4.74 Å². The highest BCUT2D eigenvalue weighted by Gasteiger charge is 2.18. The largest absolute Gasteiger partial charge is 0.421 e. The lowest BCUT2D eigenvalue weighted by Crippen LogP contribution is -2.10. The van der Waals surface area contributed by atoms with Crippen LogP contribution in [0.3, 0.4) is 0 Å². The van der Waals surface area contributed by atoms with Crippen LogP contribution in [-0.4, -0.2) is 5.97 Å². The van der Waals surface area contributed by atoms with Gasteiger partial charge in [-0.25, -0.2) is 9.18 Å². The van der Waals surface area contributed by atoms with E-state index < -0.39 is 5.97 Å². The molecule has 0 saturated heterocycles. The molecule has 0 radical (unpaired) electrons. The molecule has 3 aromatic rings. The number of unbranched alkanes of at least 4 members (excludes halogenated alkanes) is 4. The summed E-state index contributed by atoms with van der Waals surface area (Å²) < 4.78 is 20.2. The Labute approximate surface area is 213 Å². The summed E-state index contributed by atoms with van der Waals surface area (Å²) in [6, 6.07) is 19.2. The molecule has 0 fully saturated rings. The van der Waals surface area contributed by atoms with Crippen molar-refractivity contribution in [2.45, 2.75) is 65.2 Å². The van der Waals surface area contributed by atoms with Crippen LogP contribution < -0.4 is 4.74 Å². The third kappa shape index (κ3) is 6.58. The molecule has 0 spiro atoms. The highest BCUT2D eigenvalue weighted by atomic mass is 19.1. The number of nitriles is 2. The Bertz CT molecular complexity index is 1280. The standard InChI is InChI=1S/C31H31FN2O2/c1-3-5-7-9-22-11-17-26(29(32)19-22)24-12-14-25(15-13-24)31(35)36-30-18-16-23(10-8-6-4-2)27(20-33)28(30)21-34/h11-19H,3-10H2,1-2H3. The minimum Gasteiger partial charge on any atom is -0.421 e. The molecule has 5 heteroatoms. The van der Waals surface area contributed by atoms with Crippen LogP contribution in [-0.2, 0) is 12.8 Å². The highest BCUT2D eigenvalue weighted by Crippen LogP contribution is 2.28. The van der Waals surface area contributed by atoms with Crippen molar-refractivity contribution in [1.82, 2.24) is 0 Å². The Morgan fingerprint density at radius 1 is 0.833 bits per heavy atom. The van der Waals surface area contributed by atoms with Gasteiger partial charge in [-0.05, 0) is 66.6 Å². The molecular formula is C31H31FN2O2. The number of esters is 1. The average molecular weight is 483 g/mol. The van der Waals surface area contributed by atoms with E-state index in [-0.39, 0.29) is 28.3 Å². The molecule has 0 bridgehead atoms. The van der Waals surface area contributed by atoms with Crippen molar-refractivity contribution in [3.8, 4) is 29.0 Å². The lowest BCUT2D eigenvalue weighted by Gasteiger charge is -2.11. The molecule has 36 heavy (non-hydrogen) atoms. The maximum absolute atomic E-state index is 14.7. The Kier molecular flexibility index (Phi) is 9.78. The minimum absolute atomic E-state index is 0.0621. The first-order chi connectivity index (χ1) is 17.5. The van der Waals surface area contributed by atoms with Crippen LogP contribution in [0.15, 0.2) is 54.6 Å². The molecule has 4 nitrogen and oxygen atoms in total. The van der Waals surface area contributed by atoms with Gasteiger partial charge < -0.3 is 4.74 Å². The van der Waals surface area contributed by atoms with Gasteiger partial charge in [0, 0.05) is 5.56 Å². The summed E-state index contributed by atoms with van der Waals surface area (Å²) >= 11 is 0. The maximum Gasteiger partial charge on any atom is 0.343 e. The van der Waals surface area contributed by atoms with Crippen molar-refractivity contribution in [3.05, 3.63) is 88.2 Å². The van der Waals surface area contributed by atoms with E-state index in [1.54, 1.807) is 48.5 Å². The van der Waals surface area contributed by atoms with E-state index in [1.807, 2.05) is 12.1 Å². The number of carbonyl (C=O) groups excluding carboxylic acids is 1. The molecule has 0 amide bonds. The fourth-order valence-electron chi connectivity index (χ4n) is 4.20. The van der Waals surface area contributed by atoms with Crippen LogP contribution in [0.25, 0.3) is 11.1 Å². The molecule has 3 rings (SSSR count). The van der Waals surface area contributed by atoms with Crippen LogP contribution in [0, 0.1) is 28.5 Å². The van der Waals surface area contributed by atoms with Crippen LogP contribution >= 0.6 is 0 Å². The summed E-state index contributed by atoms with van der Waals surface area (Å²) in [6.07, 6.45) is 7.84. The predicted molar refractivity (Wildman–Crippen MR) is 139 cm³/mol. The van der Waals surface area contributed by atoms with Crippen LogP contribution in [0.4, 0.5) is 4.39 Å². The Balaban J connectivity index is 1.75. The van der Waals surface area contributed by atoms with Gasteiger partial charge in [-0.1, -0.05) is 69.9 Å². The molecule has 0 N–H and O–H groups in total. The van der Waals surface area contributed by atoms with Crippen molar-refractivity contribution in [2.75, 3.05) is 0 Å². The molecular weight excluding hydrogens is 451 g/mol. The average Bonchev–Trinajstić information content (AvgIpc) is 2.89. The zero-order chi connectivity index (χ0) is 25.9. The molecule has 0 heterocycles. The molecule has 0 aromatic heterocycles. The molecule has 0 unspecified atom stereocenters. The molecule has 0 atom stereocenters. The number of hydrogen-bond donors (Lipinski definition) is 0. The summed E-state index contributed by atoms with van der Waals surface area (Å²) in [7, 11) is 0. The first-order valence-electron chi connectivity index (χ1n) is 12.6. The summed E-state index contributed by atoms with van der Waals surface area (Å²) in [5.41, 5.74) is 3.48. The van der Waals surface area contributed by atoms with Gasteiger partial charge in [0.1, 0.15) is 29.3 Å². The Morgan fingerprint density at radius 2 is 1.50 bits per heavy atom. The Morgan fingerprint density at radius 3 is 2.11 bits per heavy atom. The van der Waals surface area contributed by atoms with E-state index in [0.29, 0.717) is 17.5 Å². The van der Waals surface area contributed by atoms with Gasteiger partial charge in [-0.15, -0.1) is 0 Å². The van der Waals surface area contributed by atoms with Crippen molar-refractivity contribution in [1.29, 1.82) is 10.5 Å². The van der Waals surface area contributed by atoms with Gasteiger partial charge in [0.05, 0.1) is 11.1 Å². The number of rotatable bonds is 11. The topological polar surface area (TPSA) is 73.9 Å². The number of benzene rings is 3. The molecule has 0 aliphatic rings. The maximum atomic E-state index is 14.7. The number of nitrogens with zero attached hydrogens (tertiary/aromatic N) is 2. The third-order valence-corrected chi connectivity index (χ3v) is 6.26. The molecule has 0 saturated carbocycles. The number of aryl methyl sites for hydroxylation is 2. The minimum atomic E-state index is -0.646. The number of carbonyl (C=O) groups is 1.